The van der Waals surface area contributed by atoms with E-state index in [1.165, 1.54) is 0 Å². The van der Waals surface area contributed by atoms with Crippen LogP contribution in [0.1, 0.15) is 0 Å². The van der Waals surface area contributed by atoms with Crippen molar-refractivity contribution in [3.05, 3.63) is 11.1 Å². The van der Waals surface area contributed by atoms with Crippen LogP contribution in [-0.2, 0) is 0 Å². The molecule has 2 unspecified atom stereocenters. The normalized spacial score (nSPS) is 17.2. The van der Waals surface area contributed by atoms with E-state index in [4.69, 9.17) is 0 Å². The first-order chi connectivity index (χ1) is 9.41. The van der Waals surface area contributed by atoms with Crippen LogP contribution >= 0.6 is 34.8 Å². The lowest BCUT2D eigenvalue weighted by Gasteiger charge is -2.35. The Bertz CT molecular complexity index is 437. The summed E-state index contributed by atoms with van der Waals surface area (Å²) < 4.78 is 133. The second-order valence-corrected chi connectivity index (χ2v) is 5.42. The van der Waals surface area contributed by atoms with E-state index in [1.54, 1.807) is 0 Å². The van der Waals surface area contributed by atoms with Gasteiger partial charge in [0.2, 0.25) is 10.5 Å². The fraction of sp³-hybridized carbons (Fsp3) is 0.750. The number of allylic oxidation sites excluding steroid dienone is 1. The molecule has 14 heteroatoms. The van der Waals surface area contributed by atoms with E-state index in [2.05, 4.69) is 34.8 Å². The molecule has 22 heavy (non-hydrogen) atoms. The van der Waals surface area contributed by atoms with Gasteiger partial charge in [0.1, 0.15) is 5.03 Å². The van der Waals surface area contributed by atoms with E-state index in [-0.39, 0.29) is 0 Å². The first kappa shape index (κ1) is 21.8. The molecule has 0 heterocycles. The van der Waals surface area contributed by atoms with Crippen LogP contribution in [0, 0.1) is 0 Å². The maximum absolute atomic E-state index is 13.3. The SMILES string of the molecule is FC(F)=C(Cl)C(Cl)(Cl)C(F)(F)C(F)C(F)(F)C(F)C(F)(F)F. The molecule has 0 radical (unpaired) electrons. The average molecular weight is 413 g/mol. The summed E-state index contributed by atoms with van der Waals surface area (Å²) in [5.41, 5.74) is 0. The lowest BCUT2D eigenvalue weighted by Crippen LogP contribution is -2.59. The second-order valence-electron chi connectivity index (χ2n) is 3.71. The Hall–Kier alpha value is -0.160. The molecule has 0 aliphatic heterocycles. The Morgan fingerprint density at radius 2 is 1.14 bits per heavy atom. The van der Waals surface area contributed by atoms with Crippen molar-refractivity contribution in [3.63, 3.8) is 0 Å². The molecule has 0 aliphatic rings. The van der Waals surface area contributed by atoms with Crippen LogP contribution in [0.25, 0.3) is 0 Å². The summed E-state index contributed by atoms with van der Waals surface area (Å²) in [7, 11) is 0. The first-order valence-corrected chi connectivity index (χ1v) is 5.74. The molecule has 132 valence electrons. The number of halogens is 14. The summed E-state index contributed by atoms with van der Waals surface area (Å²) in [4.78, 5) is 0. The average Bonchev–Trinajstić information content (AvgIpc) is 2.34. The minimum atomic E-state index is -6.42. The highest BCUT2D eigenvalue weighted by atomic mass is 35.5. The molecule has 0 amide bonds. The quantitative estimate of drug-likeness (QED) is 0.382. The molecule has 0 aliphatic carbocycles. The molecule has 0 fully saturated rings. The van der Waals surface area contributed by atoms with Gasteiger partial charge in [-0.1, -0.05) is 34.8 Å². The Labute approximate surface area is 129 Å². The standard InChI is InChI=1S/C8H2Cl3F11/c9-1(2(12)13)6(10,11)7(18,19)3(14)5(16,17)4(15)8(20,21)22/h3-4H. The van der Waals surface area contributed by atoms with Crippen LogP contribution < -0.4 is 0 Å². The van der Waals surface area contributed by atoms with Crippen molar-refractivity contribution in [1.29, 1.82) is 0 Å². The second kappa shape index (κ2) is 6.39. The van der Waals surface area contributed by atoms with E-state index in [0.717, 1.165) is 0 Å². The monoisotopic (exact) mass is 412 g/mol. The van der Waals surface area contributed by atoms with Crippen molar-refractivity contribution in [2.75, 3.05) is 0 Å². The van der Waals surface area contributed by atoms with E-state index in [1.807, 2.05) is 0 Å². The van der Waals surface area contributed by atoms with Crippen molar-refractivity contribution in [2.24, 2.45) is 0 Å². The number of hydrogen-bond donors (Lipinski definition) is 0. The smallest absolute Gasteiger partial charge is 0.234 e. The van der Waals surface area contributed by atoms with Crippen LogP contribution in [-0.4, -0.2) is 34.7 Å². The first-order valence-electron chi connectivity index (χ1n) is 4.61. The van der Waals surface area contributed by atoms with Gasteiger partial charge in [0.05, 0.1) is 0 Å². The fourth-order valence-electron chi connectivity index (χ4n) is 1.01. The highest BCUT2D eigenvalue weighted by Crippen LogP contribution is 2.54. The van der Waals surface area contributed by atoms with Crippen molar-refractivity contribution in [3.8, 4) is 0 Å². The van der Waals surface area contributed by atoms with E-state index in [0.29, 0.717) is 0 Å². The van der Waals surface area contributed by atoms with Crippen molar-refractivity contribution < 1.29 is 48.3 Å². The predicted octanol–water partition coefficient (Wildman–Crippen LogP) is 6.02. The minimum Gasteiger partial charge on any atom is -0.234 e. The van der Waals surface area contributed by atoms with Gasteiger partial charge in [-0.25, -0.2) is 8.78 Å². The predicted molar refractivity (Wildman–Crippen MR) is 55.3 cm³/mol. The molecule has 0 bridgehead atoms. The lowest BCUT2D eigenvalue weighted by atomic mass is 9.99. The summed E-state index contributed by atoms with van der Waals surface area (Å²) >= 11 is 13.6. The largest absolute Gasteiger partial charge is 0.425 e. The maximum atomic E-state index is 13.3. The Kier molecular flexibility index (Phi) is 6.34. The van der Waals surface area contributed by atoms with Gasteiger partial charge in [-0.05, 0) is 0 Å². The molecular formula is C8H2Cl3F11. The maximum Gasteiger partial charge on any atom is 0.425 e. The van der Waals surface area contributed by atoms with Crippen molar-refractivity contribution in [1.82, 2.24) is 0 Å². The van der Waals surface area contributed by atoms with Gasteiger partial charge in [-0.2, -0.15) is 39.5 Å². The number of alkyl halides is 11. The van der Waals surface area contributed by atoms with Crippen LogP contribution in [0.15, 0.2) is 11.1 Å². The zero-order valence-corrected chi connectivity index (χ0v) is 11.7. The molecule has 0 spiro atoms. The third-order valence-corrected chi connectivity index (χ3v) is 3.64. The molecule has 0 nitrogen and oxygen atoms in total. The van der Waals surface area contributed by atoms with Gasteiger partial charge >= 0.3 is 18.0 Å². The molecule has 0 N–H and O–H groups in total. The third-order valence-electron chi connectivity index (χ3n) is 2.14. The zero-order valence-electron chi connectivity index (χ0n) is 9.45. The highest BCUT2D eigenvalue weighted by Gasteiger charge is 2.73. The molecular weight excluding hydrogens is 411 g/mol. The Morgan fingerprint density at radius 3 is 1.41 bits per heavy atom. The van der Waals surface area contributed by atoms with Gasteiger partial charge in [0.25, 0.3) is 12.3 Å². The lowest BCUT2D eigenvalue weighted by molar-refractivity contribution is -0.282. The van der Waals surface area contributed by atoms with Crippen LogP contribution in [0.5, 0.6) is 0 Å². The number of hydrogen-bond acceptors (Lipinski definition) is 0. The third kappa shape index (κ3) is 3.84. The Balaban J connectivity index is 5.87. The molecule has 0 aromatic rings. The van der Waals surface area contributed by atoms with Crippen LogP contribution in [0.2, 0.25) is 0 Å². The van der Waals surface area contributed by atoms with E-state index < -0.39 is 45.8 Å². The summed E-state index contributed by atoms with van der Waals surface area (Å²) in [6.07, 6.45) is -20.4. The fourth-order valence-corrected chi connectivity index (χ4v) is 1.47. The molecule has 0 aromatic heterocycles. The summed E-state index contributed by atoms with van der Waals surface area (Å²) in [6, 6.07) is 0. The van der Waals surface area contributed by atoms with Crippen LogP contribution in [0.4, 0.5) is 48.3 Å². The molecule has 0 saturated carbocycles. The van der Waals surface area contributed by atoms with E-state index in [9.17, 15) is 48.3 Å². The molecule has 0 rings (SSSR count). The molecule has 0 aromatic carbocycles. The van der Waals surface area contributed by atoms with Crippen molar-refractivity contribution in [2.45, 2.75) is 34.7 Å². The summed E-state index contributed by atoms with van der Waals surface area (Å²) in [5, 5.41) is -2.51. The minimum absolute atomic E-state index is 2.51. The summed E-state index contributed by atoms with van der Waals surface area (Å²) in [6.45, 7) is 0. The topological polar surface area (TPSA) is 0 Å². The van der Waals surface area contributed by atoms with Crippen LogP contribution in [0.3, 0.4) is 0 Å². The zero-order chi connectivity index (χ0) is 18.3. The van der Waals surface area contributed by atoms with Gasteiger partial charge in [-0.3, -0.25) is 0 Å². The van der Waals surface area contributed by atoms with Gasteiger partial charge in [0, 0.05) is 0 Å². The highest BCUT2D eigenvalue weighted by molar-refractivity contribution is 6.56. The Morgan fingerprint density at radius 1 is 0.773 bits per heavy atom. The number of rotatable bonds is 5. The summed E-state index contributed by atoms with van der Waals surface area (Å²) in [5.74, 6) is -12.4. The van der Waals surface area contributed by atoms with Gasteiger partial charge in [0.15, 0.2) is 0 Å². The van der Waals surface area contributed by atoms with Gasteiger partial charge < -0.3 is 0 Å². The van der Waals surface area contributed by atoms with Gasteiger partial charge in [-0.15, -0.1) is 0 Å². The van der Waals surface area contributed by atoms with E-state index >= 15 is 0 Å². The van der Waals surface area contributed by atoms with Crippen molar-refractivity contribution >= 4 is 34.8 Å². The molecule has 0 saturated heterocycles. The molecule has 2 atom stereocenters.